The molecule has 0 aliphatic heterocycles. The van der Waals surface area contributed by atoms with Crippen LogP contribution < -0.4 is 0 Å². The van der Waals surface area contributed by atoms with E-state index >= 15 is 0 Å². The number of carbonyl (C=O) groups is 1. The smallest absolute Gasteiger partial charge is 0.253 e. The maximum Gasteiger partial charge on any atom is 0.253 e. The zero-order valence-corrected chi connectivity index (χ0v) is 7.95. The van der Waals surface area contributed by atoms with Crippen LogP contribution in [0.5, 0.6) is 0 Å². The Bertz CT molecular complexity index is 329. The lowest BCUT2D eigenvalue weighted by Gasteiger charge is -2.10. The average molecular weight is 175 g/mol. The molecule has 1 rings (SSSR count). The standard InChI is InChI=1S/C11H13NO/c1-4-9-6-5-7-10(8-9)11(13)12(2)3/h4-8H,1H2,2-3H3. The molecule has 1 amide bonds. The van der Waals surface area contributed by atoms with Gasteiger partial charge in [0.05, 0.1) is 0 Å². The molecule has 0 saturated carbocycles. The van der Waals surface area contributed by atoms with Gasteiger partial charge in [0.2, 0.25) is 0 Å². The molecule has 0 aromatic heterocycles. The monoisotopic (exact) mass is 175 g/mol. The van der Waals surface area contributed by atoms with E-state index in [9.17, 15) is 4.79 Å². The van der Waals surface area contributed by atoms with Gasteiger partial charge in [-0.1, -0.05) is 24.8 Å². The Balaban J connectivity index is 3.01. The summed E-state index contributed by atoms with van der Waals surface area (Å²) in [4.78, 5) is 13.1. The molecule has 2 nitrogen and oxygen atoms in total. The molecule has 1 aromatic rings. The molecule has 13 heavy (non-hydrogen) atoms. The zero-order chi connectivity index (χ0) is 9.84. The predicted molar refractivity (Wildman–Crippen MR) is 54.6 cm³/mol. The van der Waals surface area contributed by atoms with Crippen LogP contribution in [0.25, 0.3) is 6.08 Å². The van der Waals surface area contributed by atoms with Gasteiger partial charge >= 0.3 is 0 Å². The highest BCUT2D eigenvalue weighted by molar-refractivity contribution is 5.94. The molecule has 0 spiro atoms. The minimum Gasteiger partial charge on any atom is -0.345 e. The van der Waals surface area contributed by atoms with Gasteiger partial charge in [-0.3, -0.25) is 4.79 Å². The second-order valence-corrected chi connectivity index (χ2v) is 3.03. The van der Waals surface area contributed by atoms with Crippen molar-refractivity contribution < 1.29 is 4.79 Å². The van der Waals surface area contributed by atoms with Crippen LogP contribution in [0.4, 0.5) is 0 Å². The Kier molecular flexibility index (Phi) is 2.85. The van der Waals surface area contributed by atoms with Crippen molar-refractivity contribution in [2.24, 2.45) is 0 Å². The lowest BCUT2D eigenvalue weighted by molar-refractivity contribution is 0.0827. The zero-order valence-electron chi connectivity index (χ0n) is 7.95. The van der Waals surface area contributed by atoms with Gasteiger partial charge in [-0.25, -0.2) is 0 Å². The van der Waals surface area contributed by atoms with E-state index in [1.165, 1.54) is 0 Å². The van der Waals surface area contributed by atoms with Gasteiger partial charge in [-0.15, -0.1) is 0 Å². The van der Waals surface area contributed by atoms with E-state index in [2.05, 4.69) is 6.58 Å². The number of benzene rings is 1. The second kappa shape index (κ2) is 3.90. The summed E-state index contributed by atoms with van der Waals surface area (Å²) < 4.78 is 0. The third-order valence-corrected chi connectivity index (χ3v) is 1.78. The van der Waals surface area contributed by atoms with Crippen LogP contribution in [0, 0.1) is 0 Å². The first-order valence-corrected chi connectivity index (χ1v) is 4.09. The number of carbonyl (C=O) groups excluding carboxylic acids is 1. The molecule has 0 unspecified atom stereocenters. The maximum atomic E-state index is 11.5. The largest absolute Gasteiger partial charge is 0.345 e. The lowest BCUT2D eigenvalue weighted by atomic mass is 10.1. The number of nitrogens with zero attached hydrogens (tertiary/aromatic N) is 1. The van der Waals surface area contributed by atoms with Crippen LogP contribution in [-0.4, -0.2) is 24.9 Å². The fourth-order valence-electron chi connectivity index (χ4n) is 1.06. The van der Waals surface area contributed by atoms with Gasteiger partial charge in [0, 0.05) is 19.7 Å². The molecule has 0 saturated heterocycles. The molecule has 0 radical (unpaired) electrons. The molecular weight excluding hydrogens is 162 g/mol. The first-order valence-electron chi connectivity index (χ1n) is 4.09. The summed E-state index contributed by atoms with van der Waals surface area (Å²) in [6, 6.07) is 7.40. The van der Waals surface area contributed by atoms with Gasteiger partial charge in [-0.05, 0) is 17.7 Å². The van der Waals surface area contributed by atoms with Crippen molar-refractivity contribution in [3.05, 3.63) is 42.0 Å². The van der Waals surface area contributed by atoms with E-state index in [1.54, 1.807) is 31.1 Å². The topological polar surface area (TPSA) is 20.3 Å². The Morgan fingerprint density at radius 1 is 1.46 bits per heavy atom. The highest BCUT2D eigenvalue weighted by atomic mass is 16.2. The summed E-state index contributed by atoms with van der Waals surface area (Å²) >= 11 is 0. The van der Waals surface area contributed by atoms with Crippen molar-refractivity contribution in [1.82, 2.24) is 4.90 Å². The van der Waals surface area contributed by atoms with Crippen LogP contribution in [0.1, 0.15) is 15.9 Å². The fourth-order valence-corrected chi connectivity index (χ4v) is 1.06. The Hall–Kier alpha value is -1.57. The molecule has 0 aliphatic carbocycles. The normalized spacial score (nSPS) is 9.38. The maximum absolute atomic E-state index is 11.5. The molecule has 0 fully saturated rings. The van der Waals surface area contributed by atoms with E-state index in [-0.39, 0.29) is 5.91 Å². The first-order chi connectivity index (χ1) is 6.15. The summed E-state index contributed by atoms with van der Waals surface area (Å²) in [5.41, 5.74) is 1.66. The molecule has 0 bridgehead atoms. The van der Waals surface area contributed by atoms with Crippen molar-refractivity contribution in [3.63, 3.8) is 0 Å². The molecule has 0 atom stereocenters. The van der Waals surface area contributed by atoms with Gasteiger partial charge in [0.1, 0.15) is 0 Å². The fraction of sp³-hybridized carbons (Fsp3) is 0.182. The van der Waals surface area contributed by atoms with E-state index in [4.69, 9.17) is 0 Å². The number of hydrogen-bond acceptors (Lipinski definition) is 1. The highest BCUT2D eigenvalue weighted by Crippen LogP contribution is 2.07. The minimum atomic E-state index is 0.0173. The Morgan fingerprint density at radius 3 is 2.69 bits per heavy atom. The number of hydrogen-bond donors (Lipinski definition) is 0. The van der Waals surface area contributed by atoms with Crippen molar-refractivity contribution in [2.75, 3.05) is 14.1 Å². The third kappa shape index (κ3) is 2.18. The van der Waals surface area contributed by atoms with Crippen LogP contribution in [0.2, 0.25) is 0 Å². The van der Waals surface area contributed by atoms with Gasteiger partial charge in [0.25, 0.3) is 5.91 Å². The number of amides is 1. The van der Waals surface area contributed by atoms with Crippen molar-refractivity contribution in [3.8, 4) is 0 Å². The second-order valence-electron chi connectivity index (χ2n) is 3.03. The molecule has 0 N–H and O–H groups in total. The minimum absolute atomic E-state index is 0.0173. The van der Waals surface area contributed by atoms with Crippen LogP contribution in [0.15, 0.2) is 30.8 Å². The van der Waals surface area contributed by atoms with Crippen LogP contribution in [-0.2, 0) is 0 Å². The molecule has 2 heteroatoms. The van der Waals surface area contributed by atoms with E-state index < -0.39 is 0 Å². The Labute approximate surface area is 78.5 Å². The van der Waals surface area contributed by atoms with Crippen LogP contribution in [0.3, 0.4) is 0 Å². The van der Waals surface area contributed by atoms with Crippen molar-refractivity contribution in [2.45, 2.75) is 0 Å². The van der Waals surface area contributed by atoms with Crippen LogP contribution >= 0.6 is 0 Å². The average Bonchev–Trinajstić information content (AvgIpc) is 2.16. The summed E-state index contributed by atoms with van der Waals surface area (Å²) in [7, 11) is 3.48. The van der Waals surface area contributed by atoms with Gasteiger partial charge < -0.3 is 4.90 Å². The van der Waals surface area contributed by atoms with E-state index in [1.807, 2.05) is 18.2 Å². The lowest BCUT2D eigenvalue weighted by Crippen LogP contribution is -2.21. The predicted octanol–water partition coefficient (Wildman–Crippen LogP) is 2.03. The number of rotatable bonds is 2. The molecule has 68 valence electrons. The SMILES string of the molecule is C=Cc1cccc(C(=O)N(C)C)c1. The Morgan fingerprint density at radius 2 is 2.15 bits per heavy atom. The first kappa shape index (κ1) is 9.52. The molecule has 1 aromatic carbocycles. The van der Waals surface area contributed by atoms with E-state index in [0.29, 0.717) is 5.56 Å². The molecule has 0 heterocycles. The van der Waals surface area contributed by atoms with Crippen molar-refractivity contribution in [1.29, 1.82) is 0 Å². The third-order valence-electron chi connectivity index (χ3n) is 1.78. The summed E-state index contributed by atoms with van der Waals surface area (Å²) in [6.45, 7) is 3.65. The van der Waals surface area contributed by atoms with E-state index in [0.717, 1.165) is 5.56 Å². The quantitative estimate of drug-likeness (QED) is 0.673. The van der Waals surface area contributed by atoms with Gasteiger partial charge in [-0.2, -0.15) is 0 Å². The molecule has 0 aliphatic rings. The summed E-state index contributed by atoms with van der Waals surface area (Å²) in [5.74, 6) is 0.0173. The summed E-state index contributed by atoms with van der Waals surface area (Å²) in [5, 5.41) is 0. The van der Waals surface area contributed by atoms with Crippen molar-refractivity contribution >= 4 is 12.0 Å². The summed E-state index contributed by atoms with van der Waals surface area (Å²) in [6.07, 6.45) is 1.73. The van der Waals surface area contributed by atoms with Gasteiger partial charge in [0.15, 0.2) is 0 Å². The highest BCUT2D eigenvalue weighted by Gasteiger charge is 2.06. The molecular formula is C11H13NO.